The van der Waals surface area contributed by atoms with Gasteiger partial charge in [-0.15, -0.1) is 0 Å². The maximum atomic E-state index is 12.8. The average Bonchev–Trinajstić information content (AvgIpc) is 3.25. The average molecular weight is 408 g/mol. The van der Waals surface area contributed by atoms with Gasteiger partial charge in [-0.05, 0) is 29.7 Å². The number of rotatable bonds is 5. The first kappa shape index (κ1) is 19.0. The molecule has 0 saturated carbocycles. The summed E-state index contributed by atoms with van der Waals surface area (Å²) in [5, 5.41) is 13.6. The van der Waals surface area contributed by atoms with Gasteiger partial charge in [0.15, 0.2) is 0 Å². The van der Waals surface area contributed by atoms with E-state index in [4.69, 9.17) is 0 Å². The zero-order chi connectivity index (χ0) is 20.9. The quantitative estimate of drug-likeness (QED) is 0.590. The molecule has 1 aromatic heterocycles. The van der Waals surface area contributed by atoms with E-state index in [1.165, 1.54) is 0 Å². The SMILES string of the molecule is Cn1nccc1C1(NCc2ccc3c(c2)CN(C2CCC(=O)NC2=O)C3=O)CNC1. The molecule has 4 heterocycles. The zero-order valence-corrected chi connectivity index (χ0v) is 16.8. The lowest BCUT2D eigenvalue weighted by Crippen LogP contribution is -2.65. The molecule has 3 N–H and O–H groups in total. The molecule has 2 fully saturated rings. The maximum absolute atomic E-state index is 12.8. The Labute approximate surface area is 173 Å². The lowest BCUT2D eigenvalue weighted by Gasteiger charge is -2.43. The van der Waals surface area contributed by atoms with Crippen molar-refractivity contribution >= 4 is 17.7 Å². The summed E-state index contributed by atoms with van der Waals surface area (Å²) in [4.78, 5) is 38.0. The number of carbonyl (C=O) groups excluding carboxylic acids is 3. The van der Waals surface area contributed by atoms with Crippen LogP contribution >= 0.6 is 0 Å². The Balaban J connectivity index is 1.31. The molecule has 9 nitrogen and oxygen atoms in total. The fraction of sp³-hybridized carbons (Fsp3) is 0.429. The van der Waals surface area contributed by atoms with Crippen LogP contribution in [0, 0.1) is 0 Å². The van der Waals surface area contributed by atoms with E-state index in [1.54, 1.807) is 4.90 Å². The molecule has 0 radical (unpaired) electrons. The lowest BCUT2D eigenvalue weighted by atomic mass is 9.88. The Morgan fingerprint density at radius 2 is 2.07 bits per heavy atom. The van der Waals surface area contributed by atoms with Gasteiger partial charge >= 0.3 is 0 Å². The number of amides is 3. The fourth-order valence-corrected chi connectivity index (χ4v) is 4.62. The Kier molecular flexibility index (Phi) is 4.44. The summed E-state index contributed by atoms with van der Waals surface area (Å²) < 4.78 is 1.90. The van der Waals surface area contributed by atoms with Crippen molar-refractivity contribution in [2.24, 2.45) is 7.05 Å². The molecule has 30 heavy (non-hydrogen) atoms. The van der Waals surface area contributed by atoms with Crippen LogP contribution in [-0.4, -0.2) is 51.5 Å². The van der Waals surface area contributed by atoms with Crippen molar-refractivity contribution in [2.75, 3.05) is 13.1 Å². The minimum Gasteiger partial charge on any atom is -0.322 e. The molecule has 156 valence electrons. The lowest BCUT2D eigenvalue weighted by molar-refractivity contribution is -0.136. The number of hydrogen-bond acceptors (Lipinski definition) is 6. The van der Waals surface area contributed by atoms with Gasteiger partial charge in [-0.3, -0.25) is 29.7 Å². The minimum absolute atomic E-state index is 0.145. The maximum Gasteiger partial charge on any atom is 0.255 e. The molecule has 3 aliphatic heterocycles. The van der Waals surface area contributed by atoms with Crippen molar-refractivity contribution in [3.8, 4) is 0 Å². The Hall–Kier alpha value is -3.04. The Bertz CT molecular complexity index is 1040. The standard InChI is InChI=1S/C21H24N6O3/c1-26-17(6-7-24-26)21(11-22-12-21)23-9-13-2-3-15-14(8-13)10-27(20(15)30)16-4-5-18(28)25-19(16)29/h2-3,6-8,16,22-23H,4-5,9-12H2,1H3,(H,25,28,29). The van der Waals surface area contributed by atoms with E-state index in [-0.39, 0.29) is 29.7 Å². The van der Waals surface area contributed by atoms with Crippen LogP contribution in [0.1, 0.15) is 40.0 Å². The van der Waals surface area contributed by atoms with Gasteiger partial charge in [-0.25, -0.2) is 0 Å². The first-order valence-corrected chi connectivity index (χ1v) is 10.2. The van der Waals surface area contributed by atoms with Crippen LogP contribution in [0.3, 0.4) is 0 Å². The highest BCUT2D eigenvalue weighted by Crippen LogP contribution is 2.29. The molecule has 0 spiro atoms. The van der Waals surface area contributed by atoms with E-state index < -0.39 is 6.04 Å². The number of fused-ring (bicyclic) bond motifs is 1. The van der Waals surface area contributed by atoms with Gasteiger partial charge in [0.05, 0.1) is 11.2 Å². The highest BCUT2D eigenvalue weighted by Gasteiger charge is 2.41. The Morgan fingerprint density at radius 3 is 2.73 bits per heavy atom. The summed E-state index contributed by atoms with van der Waals surface area (Å²) in [6.07, 6.45) is 2.44. The van der Waals surface area contributed by atoms with E-state index in [0.29, 0.717) is 25.1 Å². The second-order valence-corrected chi connectivity index (χ2v) is 8.27. The van der Waals surface area contributed by atoms with Gasteiger partial charge < -0.3 is 10.2 Å². The van der Waals surface area contributed by atoms with Gasteiger partial charge in [0.1, 0.15) is 6.04 Å². The van der Waals surface area contributed by atoms with E-state index in [1.807, 2.05) is 42.2 Å². The summed E-state index contributed by atoms with van der Waals surface area (Å²) in [6, 6.07) is 7.29. The highest BCUT2D eigenvalue weighted by atomic mass is 16.2. The number of nitrogens with zero attached hydrogens (tertiary/aromatic N) is 3. The topological polar surface area (TPSA) is 108 Å². The van der Waals surface area contributed by atoms with Crippen LogP contribution in [0.5, 0.6) is 0 Å². The third-order valence-electron chi connectivity index (χ3n) is 6.38. The van der Waals surface area contributed by atoms with Crippen molar-refractivity contribution < 1.29 is 14.4 Å². The molecule has 3 amide bonds. The molecular formula is C21H24N6O3. The van der Waals surface area contributed by atoms with E-state index in [0.717, 1.165) is 29.9 Å². The number of aromatic nitrogens is 2. The largest absolute Gasteiger partial charge is 0.322 e. The van der Waals surface area contributed by atoms with Crippen molar-refractivity contribution in [1.29, 1.82) is 0 Å². The van der Waals surface area contributed by atoms with Crippen LogP contribution in [-0.2, 0) is 35.3 Å². The molecule has 0 aliphatic carbocycles. The van der Waals surface area contributed by atoms with Crippen LogP contribution in [0.2, 0.25) is 0 Å². The second kappa shape index (κ2) is 7.03. The molecule has 2 saturated heterocycles. The first-order chi connectivity index (χ1) is 14.5. The summed E-state index contributed by atoms with van der Waals surface area (Å²) in [5.74, 6) is -0.805. The summed E-state index contributed by atoms with van der Waals surface area (Å²) in [7, 11) is 1.95. The molecule has 1 aromatic carbocycles. The third kappa shape index (κ3) is 3.01. The molecule has 5 rings (SSSR count). The van der Waals surface area contributed by atoms with E-state index >= 15 is 0 Å². The molecule has 2 aromatic rings. The molecule has 9 heteroatoms. The highest BCUT2D eigenvalue weighted by molar-refractivity contribution is 6.05. The Morgan fingerprint density at radius 1 is 1.23 bits per heavy atom. The molecule has 0 bridgehead atoms. The van der Waals surface area contributed by atoms with Gasteiger partial charge in [0.2, 0.25) is 11.8 Å². The number of benzene rings is 1. The van der Waals surface area contributed by atoms with Crippen LogP contribution in [0.25, 0.3) is 0 Å². The molecule has 3 aliphatic rings. The van der Waals surface area contributed by atoms with Gasteiger partial charge in [-0.1, -0.05) is 12.1 Å². The third-order valence-corrected chi connectivity index (χ3v) is 6.38. The molecular weight excluding hydrogens is 384 g/mol. The van der Waals surface area contributed by atoms with Gasteiger partial charge in [0, 0.05) is 51.4 Å². The smallest absolute Gasteiger partial charge is 0.255 e. The van der Waals surface area contributed by atoms with Crippen LogP contribution < -0.4 is 16.0 Å². The van der Waals surface area contributed by atoms with E-state index in [9.17, 15) is 14.4 Å². The normalized spacial score (nSPS) is 22.6. The monoisotopic (exact) mass is 408 g/mol. The summed E-state index contributed by atoms with van der Waals surface area (Å²) >= 11 is 0. The number of imide groups is 1. The van der Waals surface area contributed by atoms with Crippen LogP contribution in [0.4, 0.5) is 0 Å². The van der Waals surface area contributed by atoms with Crippen molar-refractivity contribution in [3.63, 3.8) is 0 Å². The number of carbonyl (C=O) groups is 3. The first-order valence-electron chi connectivity index (χ1n) is 10.2. The predicted octanol–water partition coefficient (Wildman–Crippen LogP) is -0.231. The second-order valence-electron chi connectivity index (χ2n) is 8.27. The van der Waals surface area contributed by atoms with Gasteiger partial charge in [0.25, 0.3) is 5.91 Å². The van der Waals surface area contributed by atoms with Crippen LogP contribution in [0.15, 0.2) is 30.5 Å². The summed E-state index contributed by atoms with van der Waals surface area (Å²) in [5.41, 5.74) is 3.63. The predicted molar refractivity (Wildman–Crippen MR) is 107 cm³/mol. The fourth-order valence-electron chi connectivity index (χ4n) is 4.62. The van der Waals surface area contributed by atoms with Gasteiger partial charge in [-0.2, -0.15) is 5.10 Å². The minimum atomic E-state index is -0.585. The number of hydrogen-bond donors (Lipinski definition) is 3. The molecule has 1 atom stereocenters. The molecule has 1 unspecified atom stereocenters. The van der Waals surface area contributed by atoms with Crippen molar-refractivity contribution in [3.05, 3.63) is 52.8 Å². The van der Waals surface area contributed by atoms with E-state index in [2.05, 4.69) is 21.0 Å². The number of nitrogens with one attached hydrogen (secondary N) is 3. The van der Waals surface area contributed by atoms with Crippen molar-refractivity contribution in [2.45, 2.75) is 37.5 Å². The number of piperidine rings is 1. The summed E-state index contributed by atoms with van der Waals surface area (Å²) in [6.45, 7) is 2.72. The van der Waals surface area contributed by atoms with Crippen molar-refractivity contribution in [1.82, 2.24) is 30.6 Å². The zero-order valence-electron chi connectivity index (χ0n) is 16.8. The number of aryl methyl sites for hydroxylation is 1.